The average Bonchev–Trinajstić information content (AvgIpc) is 2.55. The van der Waals surface area contributed by atoms with Gasteiger partial charge in [-0.15, -0.1) is 0 Å². The van der Waals surface area contributed by atoms with E-state index < -0.39 is 11.9 Å². The fourth-order valence-electron chi connectivity index (χ4n) is 3.16. The van der Waals surface area contributed by atoms with Crippen molar-refractivity contribution in [3.63, 3.8) is 0 Å². The molecule has 5 heteroatoms. The van der Waals surface area contributed by atoms with Crippen molar-refractivity contribution < 1.29 is 19.4 Å². The summed E-state index contributed by atoms with van der Waals surface area (Å²) in [6.45, 7) is 0.820. The van der Waals surface area contributed by atoms with Crippen LogP contribution >= 0.6 is 0 Å². The molecule has 0 bridgehead atoms. The Balaban J connectivity index is 1.73. The van der Waals surface area contributed by atoms with E-state index in [2.05, 4.69) is 5.32 Å². The van der Waals surface area contributed by atoms with Gasteiger partial charge in [-0.05, 0) is 18.4 Å². The lowest BCUT2D eigenvalue weighted by Gasteiger charge is -2.27. The molecule has 0 aromatic heterocycles. The van der Waals surface area contributed by atoms with Crippen molar-refractivity contribution in [1.82, 2.24) is 5.32 Å². The molecule has 0 radical (unpaired) electrons. The highest BCUT2D eigenvalue weighted by atomic mass is 16.5. The van der Waals surface area contributed by atoms with Crippen LogP contribution in [0, 0.1) is 5.92 Å². The van der Waals surface area contributed by atoms with E-state index in [1.54, 1.807) is 0 Å². The summed E-state index contributed by atoms with van der Waals surface area (Å²) in [6, 6.07) is 9.55. The van der Waals surface area contributed by atoms with Crippen molar-refractivity contribution in [2.45, 2.75) is 57.6 Å². The van der Waals surface area contributed by atoms with Crippen LogP contribution in [0.25, 0.3) is 0 Å². The molecule has 1 aliphatic carbocycles. The van der Waals surface area contributed by atoms with Crippen molar-refractivity contribution in [3.8, 4) is 0 Å². The predicted molar refractivity (Wildman–Crippen MR) is 91.5 cm³/mol. The topological polar surface area (TPSA) is 75.6 Å². The number of ether oxygens (including phenoxy) is 1. The lowest BCUT2D eigenvalue weighted by Crippen LogP contribution is -2.44. The lowest BCUT2D eigenvalue weighted by molar-refractivity contribution is -0.143. The molecule has 1 aromatic carbocycles. The molecule has 1 aromatic rings. The van der Waals surface area contributed by atoms with Crippen molar-refractivity contribution in [1.29, 1.82) is 0 Å². The van der Waals surface area contributed by atoms with Crippen molar-refractivity contribution in [3.05, 3.63) is 35.9 Å². The molecule has 132 valence electrons. The Hall–Kier alpha value is -1.88. The molecular weight excluding hydrogens is 306 g/mol. The molecule has 1 amide bonds. The number of carbonyl (C=O) groups is 2. The molecule has 0 spiro atoms. The maximum absolute atomic E-state index is 12.1. The normalized spacial score (nSPS) is 21.5. The molecule has 2 unspecified atom stereocenters. The number of aliphatic carboxylic acids is 1. The third-order valence-electron chi connectivity index (χ3n) is 4.51. The van der Waals surface area contributed by atoms with Gasteiger partial charge in [0.2, 0.25) is 5.91 Å². The van der Waals surface area contributed by atoms with Crippen molar-refractivity contribution >= 4 is 11.9 Å². The van der Waals surface area contributed by atoms with Crippen LogP contribution in [0.4, 0.5) is 0 Å². The maximum Gasteiger partial charge on any atom is 0.308 e. The number of amides is 1. The molecule has 2 N–H and O–H groups in total. The molecule has 0 heterocycles. The second-order valence-corrected chi connectivity index (χ2v) is 6.40. The summed E-state index contributed by atoms with van der Waals surface area (Å²) in [5, 5.41) is 12.3. The lowest BCUT2D eigenvalue weighted by atomic mass is 9.86. The van der Waals surface area contributed by atoms with Crippen molar-refractivity contribution in [2.75, 3.05) is 6.61 Å². The third kappa shape index (κ3) is 6.32. The van der Waals surface area contributed by atoms with E-state index in [4.69, 9.17) is 4.74 Å². The zero-order valence-corrected chi connectivity index (χ0v) is 14.1. The van der Waals surface area contributed by atoms with Gasteiger partial charge in [0.15, 0.2) is 0 Å². The number of hydrogen-bond acceptors (Lipinski definition) is 3. The highest BCUT2D eigenvalue weighted by Crippen LogP contribution is 2.23. The van der Waals surface area contributed by atoms with Crippen LogP contribution < -0.4 is 5.32 Å². The number of nitrogens with one attached hydrogen (secondary N) is 1. The van der Waals surface area contributed by atoms with E-state index in [0.717, 1.165) is 37.7 Å². The Morgan fingerprint density at radius 3 is 2.50 bits per heavy atom. The summed E-state index contributed by atoms with van der Waals surface area (Å²) in [6.07, 6.45) is 5.73. The Morgan fingerprint density at radius 2 is 1.79 bits per heavy atom. The first-order valence-corrected chi connectivity index (χ1v) is 8.80. The van der Waals surface area contributed by atoms with Gasteiger partial charge in [-0.3, -0.25) is 9.59 Å². The first kappa shape index (κ1) is 18.5. The predicted octanol–water partition coefficient (Wildman–Crippen LogP) is 3.13. The van der Waals surface area contributed by atoms with Crippen LogP contribution in [0.15, 0.2) is 30.3 Å². The fourth-order valence-corrected chi connectivity index (χ4v) is 3.16. The summed E-state index contributed by atoms with van der Waals surface area (Å²) < 4.78 is 5.52. The summed E-state index contributed by atoms with van der Waals surface area (Å²) >= 11 is 0. The largest absolute Gasteiger partial charge is 0.481 e. The zero-order chi connectivity index (χ0) is 17.2. The van der Waals surface area contributed by atoms with E-state index >= 15 is 0 Å². The Kier molecular flexibility index (Phi) is 7.75. The third-order valence-corrected chi connectivity index (χ3v) is 4.51. The first-order chi connectivity index (χ1) is 11.7. The van der Waals surface area contributed by atoms with E-state index in [9.17, 15) is 14.7 Å². The smallest absolute Gasteiger partial charge is 0.308 e. The Morgan fingerprint density at radius 1 is 1.08 bits per heavy atom. The molecule has 0 aliphatic heterocycles. The summed E-state index contributed by atoms with van der Waals surface area (Å²) in [4.78, 5) is 23.6. The number of carboxylic acids is 1. The minimum absolute atomic E-state index is 0.125. The minimum atomic E-state index is -0.803. The standard InChI is InChI=1S/C19H27NO4/c21-18(12-13-24-14-15-8-4-3-5-9-15)20-17-11-7-2-1-6-10-16(17)19(22)23/h3-5,8-9,16-17H,1-2,6-7,10-14H2,(H,20,21)(H,22,23). The van der Waals surface area contributed by atoms with Crippen molar-refractivity contribution in [2.24, 2.45) is 5.92 Å². The number of carboxylic acid groups (broad SMARTS) is 1. The average molecular weight is 333 g/mol. The number of benzene rings is 1. The minimum Gasteiger partial charge on any atom is -0.481 e. The van der Waals surface area contributed by atoms with E-state index in [1.165, 1.54) is 0 Å². The van der Waals surface area contributed by atoms with E-state index in [0.29, 0.717) is 19.6 Å². The monoisotopic (exact) mass is 333 g/mol. The highest BCUT2D eigenvalue weighted by molar-refractivity contribution is 5.78. The number of hydrogen-bond donors (Lipinski definition) is 2. The van der Waals surface area contributed by atoms with Crippen LogP contribution in [0.2, 0.25) is 0 Å². The van der Waals surface area contributed by atoms with Crippen LogP contribution in [-0.2, 0) is 20.9 Å². The second-order valence-electron chi connectivity index (χ2n) is 6.40. The summed E-state index contributed by atoms with van der Waals surface area (Å²) in [5.74, 6) is -1.40. The molecular formula is C19H27NO4. The van der Waals surface area contributed by atoms with Gasteiger partial charge in [0.25, 0.3) is 0 Å². The molecule has 5 nitrogen and oxygen atoms in total. The molecule has 24 heavy (non-hydrogen) atoms. The van der Waals surface area contributed by atoms with Crippen LogP contribution in [-0.4, -0.2) is 29.6 Å². The van der Waals surface area contributed by atoms with Gasteiger partial charge in [0, 0.05) is 12.5 Å². The quantitative estimate of drug-likeness (QED) is 0.752. The van der Waals surface area contributed by atoms with E-state index in [-0.39, 0.29) is 18.4 Å². The number of carbonyl (C=O) groups excluding carboxylic acids is 1. The molecule has 2 atom stereocenters. The van der Waals surface area contributed by atoms with Gasteiger partial charge in [0.1, 0.15) is 0 Å². The molecule has 1 saturated carbocycles. The molecule has 0 saturated heterocycles. The van der Waals surface area contributed by atoms with Gasteiger partial charge < -0.3 is 15.2 Å². The SMILES string of the molecule is O=C(CCOCc1ccccc1)NC1CCCCCCC1C(=O)O. The summed E-state index contributed by atoms with van der Waals surface area (Å²) in [5.41, 5.74) is 1.07. The van der Waals surface area contributed by atoms with Crippen LogP contribution in [0.3, 0.4) is 0 Å². The Labute approximate surface area is 143 Å². The highest BCUT2D eigenvalue weighted by Gasteiger charge is 2.29. The van der Waals surface area contributed by atoms with Gasteiger partial charge in [-0.25, -0.2) is 0 Å². The summed E-state index contributed by atoms with van der Waals surface area (Å²) in [7, 11) is 0. The number of rotatable bonds is 7. The molecule has 1 aliphatic rings. The van der Waals surface area contributed by atoms with Gasteiger partial charge >= 0.3 is 5.97 Å². The van der Waals surface area contributed by atoms with Gasteiger partial charge in [-0.1, -0.05) is 56.0 Å². The van der Waals surface area contributed by atoms with Crippen LogP contribution in [0.5, 0.6) is 0 Å². The maximum atomic E-state index is 12.1. The fraction of sp³-hybridized carbons (Fsp3) is 0.579. The van der Waals surface area contributed by atoms with Gasteiger partial charge in [0.05, 0.1) is 19.1 Å². The second kappa shape index (κ2) is 10.1. The molecule has 2 rings (SSSR count). The van der Waals surface area contributed by atoms with Gasteiger partial charge in [-0.2, -0.15) is 0 Å². The first-order valence-electron chi connectivity index (χ1n) is 8.80. The van der Waals surface area contributed by atoms with Crippen LogP contribution in [0.1, 0.15) is 50.5 Å². The zero-order valence-electron chi connectivity index (χ0n) is 14.1. The van der Waals surface area contributed by atoms with E-state index in [1.807, 2.05) is 30.3 Å². The molecule has 1 fully saturated rings. The Bertz CT molecular complexity index is 517.